The number of aliphatic hydroxyl groups is 1. The molecule has 2 N–H and O–H groups in total. The lowest BCUT2D eigenvalue weighted by atomic mass is 9.80. The highest BCUT2D eigenvalue weighted by atomic mass is 16.5. The van der Waals surface area contributed by atoms with E-state index >= 15 is 0 Å². The van der Waals surface area contributed by atoms with Crippen LogP contribution in [0, 0.1) is 6.92 Å². The first-order chi connectivity index (χ1) is 9.08. The second kappa shape index (κ2) is 5.80. The monoisotopic (exact) mass is 265 g/mol. The van der Waals surface area contributed by atoms with Crippen LogP contribution in [0.1, 0.15) is 30.4 Å². The summed E-state index contributed by atoms with van der Waals surface area (Å²) in [5.41, 5.74) is 1.84. The van der Waals surface area contributed by atoms with Gasteiger partial charge in [0.25, 0.3) is 0 Å². The third-order valence-electron chi connectivity index (χ3n) is 3.90. The zero-order valence-electron chi connectivity index (χ0n) is 12.0. The summed E-state index contributed by atoms with van der Waals surface area (Å²) < 4.78 is 10.6. The Morgan fingerprint density at radius 1 is 1.21 bits per heavy atom. The molecule has 1 saturated carbocycles. The van der Waals surface area contributed by atoms with Crippen LogP contribution in [0.4, 0.5) is 0 Å². The third kappa shape index (κ3) is 3.19. The average molecular weight is 265 g/mol. The van der Waals surface area contributed by atoms with Crippen LogP contribution in [-0.2, 0) is 6.54 Å². The van der Waals surface area contributed by atoms with Gasteiger partial charge in [-0.05, 0) is 49.4 Å². The highest BCUT2D eigenvalue weighted by Gasteiger charge is 2.33. The molecular formula is C15H23NO3. The van der Waals surface area contributed by atoms with Gasteiger partial charge in [-0.2, -0.15) is 0 Å². The minimum absolute atomic E-state index is 0.482. The van der Waals surface area contributed by atoms with E-state index in [2.05, 4.69) is 12.2 Å². The van der Waals surface area contributed by atoms with Gasteiger partial charge in [-0.1, -0.05) is 0 Å². The Kier molecular flexibility index (Phi) is 4.32. The van der Waals surface area contributed by atoms with Crippen molar-refractivity contribution in [3.05, 3.63) is 23.3 Å². The van der Waals surface area contributed by atoms with Gasteiger partial charge in [-0.3, -0.25) is 0 Å². The fourth-order valence-corrected chi connectivity index (χ4v) is 2.40. The molecule has 0 aromatic heterocycles. The van der Waals surface area contributed by atoms with Crippen molar-refractivity contribution >= 4 is 0 Å². The number of aryl methyl sites for hydroxylation is 1. The van der Waals surface area contributed by atoms with Gasteiger partial charge in [0.15, 0.2) is 11.5 Å². The van der Waals surface area contributed by atoms with Crippen molar-refractivity contribution in [2.75, 3.05) is 20.8 Å². The van der Waals surface area contributed by atoms with E-state index in [0.717, 1.165) is 42.9 Å². The second-order valence-electron chi connectivity index (χ2n) is 5.32. The molecule has 0 radical (unpaired) electrons. The van der Waals surface area contributed by atoms with Crippen molar-refractivity contribution < 1.29 is 14.6 Å². The molecule has 0 unspecified atom stereocenters. The molecule has 0 saturated heterocycles. The lowest BCUT2D eigenvalue weighted by Gasteiger charge is -2.36. The standard InChI is InChI=1S/C15H23NO3/c1-11-7-13(18-2)14(19-3)8-12(11)9-16-10-15(17)5-4-6-15/h7-8,16-17H,4-6,9-10H2,1-3H3. The van der Waals surface area contributed by atoms with Crippen molar-refractivity contribution in [2.24, 2.45) is 0 Å². The van der Waals surface area contributed by atoms with E-state index in [1.807, 2.05) is 12.1 Å². The lowest BCUT2D eigenvalue weighted by Crippen LogP contribution is -2.46. The predicted octanol–water partition coefficient (Wildman–Crippen LogP) is 2.02. The Bertz CT molecular complexity index is 441. The quantitative estimate of drug-likeness (QED) is 0.826. The summed E-state index contributed by atoms with van der Waals surface area (Å²) in [4.78, 5) is 0. The fourth-order valence-electron chi connectivity index (χ4n) is 2.40. The highest BCUT2D eigenvalue weighted by molar-refractivity contribution is 5.47. The zero-order valence-corrected chi connectivity index (χ0v) is 12.0. The maximum absolute atomic E-state index is 10.0. The number of rotatable bonds is 6. The van der Waals surface area contributed by atoms with Crippen molar-refractivity contribution in [1.29, 1.82) is 0 Å². The molecule has 106 valence electrons. The molecule has 1 aliphatic rings. The zero-order chi connectivity index (χ0) is 13.9. The first-order valence-electron chi connectivity index (χ1n) is 6.72. The van der Waals surface area contributed by atoms with Crippen molar-refractivity contribution in [2.45, 2.75) is 38.3 Å². The van der Waals surface area contributed by atoms with Gasteiger partial charge >= 0.3 is 0 Å². The highest BCUT2D eigenvalue weighted by Crippen LogP contribution is 2.32. The molecule has 0 spiro atoms. The molecule has 0 amide bonds. The second-order valence-corrected chi connectivity index (χ2v) is 5.32. The van der Waals surface area contributed by atoms with Gasteiger partial charge in [0.05, 0.1) is 19.8 Å². The minimum Gasteiger partial charge on any atom is -0.493 e. The number of methoxy groups -OCH3 is 2. The first-order valence-corrected chi connectivity index (χ1v) is 6.72. The van der Waals surface area contributed by atoms with E-state index in [-0.39, 0.29) is 0 Å². The first kappa shape index (κ1) is 14.2. The Labute approximate surface area is 114 Å². The number of ether oxygens (including phenoxy) is 2. The molecular weight excluding hydrogens is 242 g/mol. The van der Waals surface area contributed by atoms with Gasteiger partial charge in [-0.25, -0.2) is 0 Å². The molecule has 1 fully saturated rings. The largest absolute Gasteiger partial charge is 0.493 e. The third-order valence-corrected chi connectivity index (χ3v) is 3.90. The summed E-state index contributed by atoms with van der Waals surface area (Å²) >= 11 is 0. The minimum atomic E-state index is -0.482. The van der Waals surface area contributed by atoms with Crippen LogP contribution in [0.15, 0.2) is 12.1 Å². The lowest BCUT2D eigenvalue weighted by molar-refractivity contribution is -0.0314. The molecule has 19 heavy (non-hydrogen) atoms. The molecule has 4 heteroatoms. The Hall–Kier alpha value is -1.26. The Morgan fingerprint density at radius 2 is 1.84 bits per heavy atom. The molecule has 4 nitrogen and oxygen atoms in total. The molecule has 2 rings (SSSR count). The van der Waals surface area contributed by atoms with Crippen LogP contribution in [0.2, 0.25) is 0 Å². The molecule has 0 bridgehead atoms. The summed E-state index contributed by atoms with van der Waals surface area (Å²) in [5, 5.41) is 13.4. The summed E-state index contributed by atoms with van der Waals surface area (Å²) in [6.45, 7) is 3.44. The topological polar surface area (TPSA) is 50.7 Å². The molecule has 1 aromatic rings. The summed E-state index contributed by atoms with van der Waals surface area (Å²) in [6.07, 6.45) is 2.95. The molecule has 1 aliphatic carbocycles. The normalized spacial score (nSPS) is 16.8. The van der Waals surface area contributed by atoms with Crippen molar-refractivity contribution in [3.63, 3.8) is 0 Å². The SMILES string of the molecule is COc1cc(C)c(CNCC2(O)CCC2)cc1OC. The Morgan fingerprint density at radius 3 is 2.37 bits per heavy atom. The summed E-state index contributed by atoms with van der Waals surface area (Å²) in [5.74, 6) is 1.49. The smallest absolute Gasteiger partial charge is 0.161 e. The molecule has 0 atom stereocenters. The molecule has 0 heterocycles. The molecule has 1 aromatic carbocycles. The van der Waals surface area contributed by atoms with E-state index in [4.69, 9.17) is 9.47 Å². The van der Waals surface area contributed by atoms with Crippen LogP contribution in [-0.4, -0.2) is 31.5 Å². The number of hydrogen-bond donors (Lipinski definition) is 2. The van der Waals surface area contributed by atoms with E-state index in [1.54, 1.807) is 14.2 Å². The van der Waals surface area contributed by atoms with Crippen LogP contribution >= 0.6 is 0 Å². The van der Waals surface area contributed by atoms with Gasteiger partial charge in [-0.15, -0.1) is 0 Å². The number of benzene rings is 1. The van der Waals surface area contributed by atoms with E-state index < -0.39 is 5.60 Å². The summed E-state index contributed by atoms with van der Waals surface area (Å²) in [7, 11) is 3.28. The molecule has 0 aliphatic heterocycles. The van der Waals surface area contributed by atoms with Crippen molar-refractivity contribution in [1.82, 2.24) is 5.32 Å². The maximum Gasteiger partial charge on any atom is 0.161 e. The number of nitrogens with one attached hydrogen (secondary N) is 1. The average Bonchev–Trinajstić information content (AvgIpc) is 2.38. The van der Waals surface area contributed by atoms with Crippen LogP contribution < -0.4 is 14.8 Å². The predicted molar refractivity (Wildman–Crippen MR) is 74.8 cm³/mol. The van der Waals surface area contributed by atoms with E-state index in [1.165, 1.54) is 5.56 Å². The summed E-state index contributed by atoms with van der Waals surface area (Å²) in [6, 6.07) is 3.97. The van der Waals surface area contributed by atoms with Crippen molar-refractivity contribution in [3.8, 4) is 11.5 Å². The maximum atomic E-state index is 10.0. The van der Waals surface area contributed by atoms with Crippen LogP contribution in [0.25, 0.3) is 0 Å². The Balaban J connectivity index is 1.99. The van der Waals surface area contributed by atoms with Gasteiger partial charge in [0, 0.05) is 13.1 Å². The van der Waals surface area contributed by atoms with Gasteiger partial charge < -0.3 is 19.9 Å². The van der Waals surface area contributed by atoms with E-state index in [0.29, 0.717) is 6.54 Å². The van der Waals surface area contributed by atoms with Crippen LogP contribution in [0.5, 0.6) is 11.5 Å². The van der Waals surface area contributed by atoms with Crippen LogP contribution in [0.3, 0.4) is 0 Å². The van der Waals surface area contributed by atoms with Gasteiger partial charge in [0.1, 0.15) is 0 Å². The number of hydrogen-bond acceptors (Lipinski definition) is 4. The van der Waals surface area contributed by atoms with E-state index in [9.17, 15) is 5.11 Å². The fraction of sp³-hybridized carbons (Fsp3) is 0.600. The van der Waals surface area contributed by atoms with Gasteiger partial charge in [0.2, 0.25) is 0 Å².